The Morgan fingerprint density at radius 1 is 1.23 bits per heavy atom. The number of aryl methyl sites for hydroxylation is 1. The summed E-state index contributed by atoms with van der Waals surface area (Å²) in [6.45, 7) is 12.8. The molecule has 0 aliphatic carbocycles. The Morgan fingerprint density at radius 3 is 2.69 bits per heavy atom. The second kappa shape index (κ2) is 9.85. The molecule has 0 saturated carbocycles. The molecule has 2 N–H and O–H groups in total. The molecule has 0 atom stereocenters. The Hall–Kier alpha value is -2.50. The number of benzene rings is 1. The van der Waals surface area contributed by atoms with Gasteiger partial charge in [0, 0.05) is 18.2 Å². The van der Waals surface area contributed by atoms with E-state index in [1.807, 2.05) is 19.9 Å². The maximum Gasteiger partial charge on any atom is 0.191 e. The van der Waals surface area contributed by atoms with E-state index in [2.05, 4.69) is 59.8 Å². The summed E-state index contributed by atoms with van der Waals surface area (Å²) in [5.74, 6) is 2.78. The number of nitrogens with one attached hydrogen (secondary N) is 2. The second-order valence-electron chi connectivity index (χ2n) is 6.47. The molecule has 2 rings (SSSR count). The highest BCUT2D eigenvalue weighted by molar-refractivity contribution is 5.79. The molecule has 0 spiro atoms. The number of nitrogens with zero attached hydrogens (tertiary/aromatic N) is 2. The summed E-state index contributed by atoms with van der Waals surface area (Å²) < 4.78 is 11.1. The van der Waals surface area contributed by atoms with E-state index in [-0.39, 0.29) is 0 Å². The average Bonchev–Trinajstić information content (AvgIpc) is 3.08. The maximum absolute atomic E-state index is 5.73. The first-order valence-electron chi connectivity index (χ1n) is 9.23. The molecule has 0 amide bonds. The molecule has 6 nitrogen and oxygen atoms in total. The van der Waals surface area contributed by atoms with Gasteiger partial charge in [0.1, 0.15) is 5.75 Å². The Morgan fingerprint density at radius 2 is 2.04 bits per heavy atom. The molecular formula is C20H30N4O2. The minimum Gasteiger partial charge on any atom is -0.494 e. The van der Waals surface area contributed by atoms with Gasteiger partial charge in [0.25, 0.3) is 0 Å². The van der Waals surface area contributed by atoms with Crippen LogP contribution in [-0.4, -0.2) is 24.3 Å². The predicted octanol–water partition coefficient (Wildman–Crippen LogP) is 3.76. The summed E-state index contributed by atoms with van der Waals surface area (Å²) in [7, 11) is 0. The van der Waals surface area contributed by atoms with Crippen molar-refractivity contribution < 1.29 is 9.26 Å². The quantitative estimate of drug-likeness (QED) is 0.555. The van der Waals surface area contributed by atoms with Gasteiger partial charge in [-0.1, -0.05) is 31.1 Å². The van der Waals surface area contributed by atoms with Gasteiger partial charge < -0.3 is 19.9 Å². The fraction of sp³-hybridized carbons (Fsp3) is 0.500. The van der Waals surface area contributed by atoms with Gasteiger partial charge in [0.2, 0.25) is 0 Å². The molecule has 0 aliphatic rings. The molecule has 2 aromatic rings. The lowest BCUT2D eigenvalue weighted by molar-refractivity contribution is 0.336. The van der Waals surface area contributed by atoms with Crippen molar-refractivity contribution in [3.05, 3.63) is 46.8 Å². The second-order valence-corrected chi connectivity index (χ2v) is 6.47. The van der Waals surface area contributed by atoms with E-state index in [4.69, 9.17) is 9.26 Å². The Kier molecular flexibility index (Phi) is 7.51. The number of hydrogen-bond acceptors (Lipinski definition) is 4. The van der Waals surface area contributed by atoms with Gasteiger partial charge in [0.15, 0.2) is 11.7 Å². The Bertz CT molecular complexity index is 722. The average molecular weight is 358 g/mol. The van der Waals surface area contributed by atoms with Crippen molar-refractivity contribution in [2.75, 3.05) is 13.2 Å². The molecule has 0 bridgehead atoms. The Balaban J connectivity index is 2.04. The normalized spacial score (nSPS) is 11.7. The van der Waals surface area contributed by atoms with Gasteiger partial charge in [-0.25, -0.2) is 4.99 Å². The molecule has 1 aromatic carbocycles. The Labute approximate surface area is 156 Å². The topological polar surface area (TPSA) is 71.7 Å². The van der Waals surface area contributed by atoms with Gasteiger partial charge >= 0.3 is 0 Å². The molecule has 0 saturated heterocycles. The smallest absolute Gasteiger partial charge is 0.191 e. The summed E-state index contributed by atoms with van der Waals surface area (Å²) in [4.78, 5) is 4.67. The predicted molar refractivity (Wildman–Crippen MR) is 105 cm³/mol. The maximum atomic E-state index is 5.73. The molecule has 1 heterocycles. The summed E-state index contributed by atoms with van der Waals surface area (Å²) in [5.41, 5.74) is 3.21. The SMILES string of the molecule is CCNC(=NCc1ccc(C)cc1OCC)NCc1cc(C(C)C)no1. The van der Waals surface area contributed by atoms with Crippen LogP contribution in [0.5, 0.6) is 5.75 Å². The van der Waals surface area contributed by atoms with Crippen molar-refractivity contribution in [2.45, 2.75) is 53.6 Å². The lowest BCUT2D eigenvalue weighted by atomic mass is 10.1. The van der Waals surface area contributed by atoms with Crippen LogP contribution in [0.4, 0.5) is 0 Å². The van der Waals surface area contributed by atoms with Crippen LogP contribution in [0.25, 0.3) is 0 Å². The van der Waals surface area contributed by atoms with Crippen molar-refractivity contribution in [2.24, 2.45) is 4.99 Å². The van der Waals surface area contributed by atoms with E-state index in [1.165, 1.54) is 5.56 Å². The first-order chi connectivity index (χ1) is 12.5. The summed E-state index contributed by atoms with van der Waals surface area (Å²) in [5, 5.41) is 10.6. The molecule has 0 aliphatic heterocycles. The van der Waals surface area contributed by atoms with Crippen LogP contribution in [0, 0.1) is 6.92 Å². The first kappa shape index (κ1) is 19.8. The summed E-state index contributed by atoms with van der Waals surface area (Å²) >= 11 is 0. The molecular weight excluding hydrogens is 328 g/mol. The van der Waals surface area contributed by atoms with Crippen molar-refractivity contribution in [1.82, 2.24) is 15.8 Å². The van der Waals surface area contributed by atoms with Crippen LogP contribution >= 0.6 is 0 Å². The zero-order chi connectivity index (χ0) is 18.9. The van der Waals surface area contributed by atoms with Crippen molar-refractivity contribution in [3.63, 3.8) is 0 Å². The highest BCUT2D eigenvalue weighted by Gasteiger charge is 2.09. The van der Waals surface area contributed by atoms with E-state index < -0.39 is 0 Å². The van der Waals surface area contributed by atoms with Crippen LogP contribution in [-0.2, 0) is 13.1 Å². The number of hydrogen-bond donors (Lipinski definition) is 2. The fourth-order valence-corrected chi connectivity index (χ4v) is 2.44. The summed E-state index contributed by atoms with van der Waals surface area (Å²) in [6, 6.07) is 8.18. The van der Waals surface area contributed by atoms with E-state index in [9.17, 15) is 0 Å². The number of guanidine groups is 1. The van der Waals surface area contributed by atoms with E-state index in [1.54, 1.807) is 0 Å². The highest BCUT2D eigenvalue weighted by Crippen LogP contribution is 2.21. The van der Waals surface area contributed by atoms with Gasteiger partial charge in [-0.05, 0) is 38.3 Å². The largest absolute Gasteiger partial charge is 0.494 e. The lowest BCUT2D eigenvalue weighted by Gasteiger charge is -2.12. The van der Waals surface area contributed by atoms with Crippen molar-refractivity contribution in [3.8, 4) is 5.75 Å². The standard InChI is InChI=1S/C20H30N4O2/c1-6-21-20(23-13-17-11-18(14(3)4)24-26-17)22-12-16-9-8-15(5)10-19(16)25-7-2/h8-11,14H,6-7,12-13H2,1-5H3,(H2,21,22,23). The third-order valence-electron chi connectivity index (χ3n) is 3.87. The van der Waals surface area contributed by atoms with Crippen LogP contribution in [0.2, 0.25) is 0 Å². The number of ether oxygens (including phenoxy) is 1. The molecule has 6 heteroatoms. The van der Waals surface area contributed by atoms with Crippen LogP contribution in [0.1, 0.15) is 56.2 Å². The van der Waals surface area contributed by atoms with Gasteiger partial charge in [-0.15, -0.1) is 0 Å². The number of rotatable bonds is 8. The monoisotopic (exact) mass is 358 g/mol. The van der Waals surface area contributed by atoms with Crippen LogP contribution in [0.3, 0.4) is 0 Å². The van der Waals surface area contributed by atoms with E-state index >= 15 is 0 Å². The third-order valence-corrected chi connectivity index (χ3v) is 3.87. The van der Waals surface area contributed by atoms with Gasteiger partial charge in [-0.2, -0.15) is 0 Å². The number of aromatic nitrogens is 1. The fourth-order valence-electron chi connectivity index (χ4n) is 2.44. The highest BCUT2D eigenvalue weighted by atomic mass is 16.5. The van der Waals surface area contributed by atoms with Crippen molar-refractivity contribution >= 4 is 5.96 Å². The van der Waals surface area contributed by atoms with Crippen molar-refractivity contribution in [1.29, 1.82) is 0 Å². The molecule has 142 valence electrons. The molecule has 0 radical (unpaired) electrons. The van der Waals surface area contributed by atoms with Crippen LogP contribution < -0.4 is 15.4 Å². The third kappa shape index (κ3) is 5.79. The minimum atomic E-state index is 0.355. The summed E-state index contributed by atoms with van der Waals surface area (Å²) in [6.07, 6.45) is 0. The molecule has 0 fully saturated rings. The molecule has 26 heavy (non-hydrogen) atoms. The van der Waals surface area contributed by atoms with E-state index in [0.29, 0.717) is 25.6 Å². The van der Waals surface area contributed by atoms with Crippen LogP contribution in [0.15, 0.2) is 33.8 Å². The number of aliphatic imine (C=N–C) groups is 1. The van der Waals surface area contributed by atoms with Gasteiger partial charge in [0.05, 0.1) is 25.4 Å². The zero-order valence-electron chi connectivity index (χ0n) is 16.4. The molecule has 1 aromatic heterocycles. The molecule has 0 unspecified atom stereocenters. The van der Waals surface area contributed by atoms with Gasteiger partial charge in [-0.3, -0.25) is 0 Å². The minimum absolute atomic E-state index is 0.355. The van der Waals surface area contributed by atoms with E-state index in [0.717, 1.165) is 35.3 Å². The first-order valence-corrected chi connectivity index (χ1v) is 9.23. The zero-order valence-corrected chi connectivity index (χ0v) is 16.4. The lowest BCUT2D eigenvalue weighted by Crippen LogP contribution is -2.36.